The van der Waals surface area contributed by atoms with E-state index in [9.17, 15) is 9.59 Å². The van der Waals surface area contributed by atoms with Crippen LogP contribution in [0, 0.1) is 0 Å². The van der Waals surface area contributed by atoms with Gasteiger partial charge in [0, 0.05) is 18.2 Å². The van der Waals surface area contributed by atoms with Crippen LogP contribution in [0.15, 0.2) is 84.9 Å². The van der Waals surface area contributed by atoms with Gasteiger partial charge in [-0.05, 0) is 35.4 Å². The number of rotatable bonds is 7. The van der Waals surface area contributed by atoms with Gasteiger partial charge in [0.1, 0.15) is 17.5 Å². The number of pyridine rings is 1. The molecule has 8 nitrogen and oxygen atoms in total. The van der Waals surface area contributed by atoms with Crippen molar-refractivity contribution in [1.29, 1.82) is 0 Å². The van der Waals surface area contributed by atoms with E-state index in [0.717, 1.165) is 11.1 Å². The van der Waals surface area contributed by atoms with E-state index in [1.54, 1.807) is 18.2 Å². The summed E-state index contributed by atoms with van der Waals surface area (Å²) in [5.74, 6) is -0.527. The summed E-state index contributed by atoms with van der Waals surface area (Å²) >= 11 is 0. The summed E-state index contributed by atoms with van der Waals surface area (Å²) in [4.78, 5) is 32.5. The van der Waals surface area contributed by atoms with Crippen molar-refractivity contribution in [2.75, 3.05) is 0 Å². The maximum absolute atomic E-state index is 12.3. The first-order chi connectivity index (χ1) is 15.1. The van der Waals surface area contributed by atoms with E-state index in [-0.39, 0.29) is 11.6 Å². The van der Waals surface area contributed by atoms with Crippen LogP contribution < -0.4 is 15.5 Å². The predicted molar refractivity (Wildman–Crippen MR) is 111 cm³/mol. The van der Waals surface area contributed by atoms with Crippen molar-refractivity contribution in [3.8, 4) is 5.75 Å². The Morgan fingerprint density at radius 1 is 1.06 bits per heavy atom. The Kier molecular flexibility index (Phi) is 5.91. The van der Waals surface area contributed by atoms with E-state index in [1.165, 1.54) is 18.3 Å². The van der Waals surface area contributed by atoms with Gasteiger partial charge in [-0.25, -0.2) is 15.3 Å². The first-order valence-electron chi connectivity index (χ1n) is 9.51. The molecule has 0 spiro atoms. The van der Waals surface area contributed by atoms with Gasteiger partial charge in [-0.3, -0.25) is 9.63 Å². The lowest BCUT2D eigenvalue weighted by molar-refractivity contribution is 0.0273. The molecule has 1 amide bonds. The third kappa shape index (κ3) is 5.06. The second-order valence-corrected chi connectivity index (χ2v) is 6.75. The third-order valence-corrected chi connectivity index (χ3v) is 4.57. The van der Waals surface area contributed by atoms with Gasteiger partial charge in [-0.15, -0.1) is 0 Å². The first-order valence-corrected chi connectivity index (χ1v) is 9.51. The minimum atomic E-state index is -1.11. The fourth-order valence-corrected chi connectivity index (χ4v) is 2.94. The molecule has 2 heterocycles. The second-order valence-electron chi connectivity index (χ2n) is 6.75. The average molecular weight is 417 g/mol. The molecule has 2 aromatic carbocycles. The summed E-state index contributed by atoms with van der Waals surface area (Å²) in [5.41, 5.74) is 5.04. The zero-order valence-electron chi connectivity index (χ0n) is 16.3. The summed E-state index contributed by atoms with van der Waals surface area (Å²) in [5, 5.41) is 11.8. The van der Waals surface area contributed by atoms with Crippen molar-refractivity contribution in [3.63, 3.8) is 0 Å². The molecule has 4 rings (SSSR count). The highest BCUT2D eigenvalue weighted by molar-refractivity contribution is 5.94. The molecule has 1 aliphatic rings. The van der Waals surface area contributed by atoms with Crippen LogP contribution in [0.4, 0.5) is 0 Å². The van der Waals surface area contributed by atoms with Gasteiger partial charge >= 0.3 is 5.97 Å². The van der Waals surface area contributed by atoms with Crippen molar-refractivity contribution in [2.24, 2.45) is 0 Å². The molecule has 0 aliphatic carbocycles. The molecule has 8 heteroatoms. The Bertz CT molecular complexity index is 1100. The highest BCUT2D eigenvalue weighted by atomic mass is 16.7. The molecule has 1 atom stereocenters. The molecule has 0 saturated heterocycles. The molecule has 0 bridgehead atoms. The Morgan fingerprint density at radius 2 is 1.84 bits per heavy atom. The van der Waals surface area contributed by atoms with Gasteiger partial charge in [0.15, 0.2) is 0 Å². The van der Waals surface area contributed by atoms with E-state index in [0.29, 0.717) is 23.7 Å². The molecular weight excluding hydrogens is 398 g/mol. The topological polar surface area (TPSA) is 110 Å². The number of carbonyl (C=O) groups is 2. The predicted octanol–water partition coefficient (Wildman–Crippen LogP) is 3.21. The largest absolute Gasteiger partial charge is 0.477 e. The number of nitrogens with zero attached hydrogens (tertiary/aromatic N) is 1. The van der Waals surface area contributed by atoms with Crippen LogP contribution in [0.1, 0.15) is 38.1 Å². The normalized spacial score (nSPS) is 15.0. The Balaban J connectivity index is 1.35. The summed E-state index contributed by atoms with van der Waals surface area (Å²) in [6.45, 7) is 0.461. The number of aromatic nitrogens is 1. The lowest BCUT2D eigenvalue weighted by atomic mass is 10.1. The number of amides is 1. The summed E-state index contributed by atoms with van der Waals surface area (Å²) in [7, 11) is 0. The van der Waals surface area contributed by atoms with Crippen LogP contribution >= 0.6 is 0 Å². The molecule has 1 aromatic heterocycles. The molecule has 0 fully saturated rings. The minimum Gasteiger partial charge on any atom is -0.477 e. The van der Waals surface area contributed by atoms with Gasteiger partial charge in [0.2, 0.25) is 5.88 Å². The molecule has 0 saturated carbocycles. The van der Waals surface area contributed by atoms with E-state index in [4.69, 9.17) is 14.7 Å². The number of nitrogens with one attached hydrogen (secondary N) is 2. The number of hydrogen-bond acceptors (Lipinski definition) is 6. The van der Waals surface area contributed by atoms with Crippen LogP contribution in [0.5, 0.6) is 5.75 Å². The summed E-state index contributed by atoms with van der Waals surface area (Å²) in [6, 6.07) is 19.7. The van der Waals surface area contributed by atoms with E-state index < -0.39 is 12.1 Å². The molecule has 156 valence electrons. The maximum atomic E-state index is 12.3. The van der Waals surface area contributed by atoms with Crippen molar-refractivity contribution < 1.29 is 24.3 Å². The summed E-state index contributed by atoms with van der Waals surface area (Å²) in [6.07, 6.45) is 2.65. The van der Waals surface area contributed by atoms with Gasteiger partial charge in [0.25, 0.3) is 5.91 Å². The van der Waals surface area contributed by atoms with Crippen LogP contribution in [-0.4, -0.2) is 22.0 Å². The Morgan fingerprint density at radius 3 is 2.52 bits per heavy atom. The number of carbonyl (C=O) groups excluding carboxylic acids is 1. The minimum absolute atomic E-state index is 0.0669. The SMILES string of the molecule is O=C(NCc1ccccc1)c1ccc(C2C=C(Oc3ccc(C(=O)O)nc3)NO2)cc1. The van der Waals surface area contributed by atoms with Gasteiger partial charge in [-0.2, -0.15) is 0 Å². The maximum Gasteiger partial charge on any atom is 0.354 e. The number of aromatic carboxylic acids is 1. The lowest BCUT2D eigenvalue weighted by Crippen LogP contribution is -2.22. The lowest BCUT2D eigenvalue weighted by Gasteiger charge is -2.09. The van der Waals surface area contributed by atoms with E-state index in [1.807, 2.05) is 42.5 Å². The molecular formula is C23H19N3O5. The zero-order chi connectivity index (χ0) is 21.6. The fourth-order valence-electron chi connectivity index (χ4n) is 2.94. The van der Waals surface area contributed by atoms with Crippen LogP contribution in [0.25, 0.3) is 0 Å². The molecule has 1 unspecified atom stereocenters. The van der Waals surface area contributed by atoms with E-state index in [2.05, 4.69) is 15.8 Å². The van der Waals surface area contributed by atoms with Crippen LogP contribution in [0.3, 0.4) is 0 Å². The second kappa shape index (κ2) is 9.10. The third-order valence-electron chi connectivity index (χ3n) is 4.57. The van der Waals surface area contributed by atoms with Crippen molar-refractivity contribution in [1.82, 2.24) is 15.8 Å². The molecule has 0 radical (unpaired) electrons. The highest BCUT2D eigenvalue weighted by Gasteiger charge is 2.20. The van der Waals surface area contributed by atoms with Gasteiger partial charge in [0.05, 0.1) is 6.20 Å². The number of hydroxylamine groups is 1. The molecule has 31 heavy (non-hydrogen) atoms. The first kappa shape index (κ1) is 20.1. The smallest absolute Gasteiger partial charge is 0.354 e. The number of carboxylic acids is 1. The standard InChI is InChI=1S/C23H19N3O5/c27-22(25-13-15-4-2-1-3-5-15)17-8-6-16(7-9-17)20-12-21(26-31-20)30-18-10-11-19(23(28)29)24-14-18/h1-12,14,20,26H,13H2,(H,25,27)(H,28,29). The van der Waals surface area contributed by atoms with Crippen LogP contribution in [-0.2, 0) is 11.4 Å². The zero-order valence-corrected chi connectivity index (χ0v) is 16.3. The summed E-state index contributed by atoms with van der Waals surface area (Å²) < 4.78 is 5.60. The Hall–Kier alpha value is -4.17. The monoisotopic (exact) mass is 417 g/mol. The van der Waals surface area contributed by atoms with Crippen molar-refractivity contribution in [2.45, 2.75) is 12.6 Å². The van der Waals surface area contributed by atoms with Crippen molar-refractivity contribution in [3.05, 3.63) is 107 Å². The number of hydrogen-bond donors (Lipinski definition) is 3. The Labute approximate surface area is 178 Å². The number of benzene rings is 2. The molecule has 1 aliphatic heterocycles. The van der Waals surface area contributed by atoms with Gasteiger partial charge < -0.3 is 15.2 Å². The molecule has 3 aromatic rings. The average Bonchev–Trinajstić information content (AvgIpc) is 3.27. The number of carboxylic acid groups (broad SMARTS) is 1. The highest BCUT2D eigenvalue weighted by Crippen LogP contribution is 2.25. The molecule has 3 N–H and O–H groups in total. The van der Waals surface area contributed by atoms with Crippen LogP contribution in [0.2, 0.25) is 0 Å². The van der Waals surface area contributed by atoms with E-state index >= 15 is 0 Å². The number of ether oxygens (including phenoxy) is 1. The van der Waals surface area contributed by atoms with Gasteiger partial charge in [-0.1, -0.05) is 42.5 Å². The fraction of sp³-hybridized carbons (Fsp3) is 0.0870. The quantitative estimate of drug-likeness (QED) is 0.541. The van der Waals surface area contributed by atoms with Crippen molar-refractivity contribution >= 4 is 11.9 Å².